The fourth-order valence-electron chi connectivity index (χ4n) is 5.27. The minimum absolute atomic E-state index is 0.00591. The Morgan fingerprint density at radius 3 is 1.80 bits per heavy atom. The number of thiazole rings is 1. The largest absolute Gasteiger partial charge is 0.461 e. The molecule has 0 aromatic carbocycles. The van der Waals surface area contributed by atoms with E-state index in [0.717, 1.165) is 0 Å². The van der Waals surface area contributed by atoms with Crippen LogP contribution in [0.1, 0.15) is 131 Å². The Hall–Kier alpha value is -3.42. The van der Waals surface area contributed by atoms with Crippen LogP contribution in [0.2, 0.25) is 0 Å². The van der Waals surface area contributed by atoms with E-state index in [1.54, 1.807) is 65.8 Å². The number of rotatable bonds is 18. The van der Waals surface area contributed by atoms with Crippen LogP contribution >= 0.6 is 11.3 Å². The van der Waals surface area contributed by atoms with Gasteiger partial charge in [0.05, 0.1) is 11.6 Å². The molecule has 1 heterocycles. The SMILES string of the molecule is CCOC(=O)c1csc(CC(CCC(C(C)C)N(C)C(=O)C(NC(=O)OC(C)(C)C)C(C)CC)OC(=O)C(NC(=O)OC(C)(C)C)C(C)CC)n1. The van der Waals surface area contributed by atoms with Gasteiger partial charge in [0.15, 0.2) is 5.69 Å². The fourth-order valence-corrected chi connectivity index (χ4v) is 6.10. The van der Waals surface area contributed by atoms with E-state index in [2.05, 4.69) is 15.6 Å². The minimum atomic E-state index is -0.973. The van der Waals surface area contributed by atoms with Crippen molar-refractivity contribution in [2.75, 3.05) is 13.7 Å². The van der Waals surface area contributed by atoms with Crippen molar-refractivity contribution >= 4 is 41.4 Å². The Labute approximate surface area is 309 Å². The minimum Gasteiger partial charge on any atom is -0.461 e. The molecule has 6 unspecified atom stereocenters. The molecule has 2 N–H and O–H groups in total. The molecule has 0 saturated heterocycles. The van der Waals surface area contributed by atoms with Gasteiger partial charge in [-0.15, -0.1) is 11.3 Å². The summed E-state index contributed by atoms with van der Waals surface area (Å²) < 4.78 is 22.1. The maximum Gasteiger partial charge on any atom is 0.408 e. The second kappa shape index (κ2) is 20.6. The number of nitrogens with zero attached hydrogens (tertiary/aromatic N) is 2. The van der Waals surface area contributed by atoms with Crippen LogP contribution < -0.4 is 10.6 Å². The summed E-state index contributed by atoms with van der Waals surface area (Å²) in [5.74, 6) is -1.83. The Balaban J connectivity index is 3.38. The number of hydrogen-bond donors (Lipinski definition) is 2. The highest BCUT2D eigenvalue weighted by Gasteiger charge is 2.36. The molecule has 0 aliphatic rings. The summed E-state index contributed by atoms with van der Waals surface area (Å²) in [5, 5.41) is 7.66. The number of aromatic nitrogens is 1. The van der Waals surface area contributed by atoms with Crippen molar-refractivity contribution in [1.29, 1.82) is 0 Å². The van der Waals surface area contributed by atoms with Crippen LogP contribution in [0.15, 0.2) is 5.38 Å². The molecule has 0 aliphatic carbocycles. The molecule has 0 bridgehead atoms. The standard InChI is InChI=1S/C37H64N4O9S/c1-15-23(6)29(39-34(45)49-36(8,9)10)31(42)41(14)27(22(4)5)19-18-25(20-28-38-26(21-51-28)32(43)47-17-3)48-33(44)30(24(7)16-2)40-35(46)50-37(11,12)13/h21-25,27,29-30H,15-20H2,1-14H3,(H,39,45)(H,40,46). The average molecular weight is 741 g/mol. The van der Waals surface area contributed by atoms with Gasteiger partial charge >= 0.3 is 24.1 Å². The molecular weight excluding hydrogens is 676 g/mol. The van der Waals surface area contributed by atoms with E-state index in [-0.39, 0.29) is 48.4 Å². The van der Waals surface area contributed by atoms with Crippen molar-refractivity contribution in [1.82, 2.24) is 20.5 Å². The number of alkyl carbamates (subject to hydrolysis) is 2. The van der Waals surface area contributed by atoms with E-state index in [4.69, 9.17) is 18.9 Å². The number of esters is 2. The van der Waals surface area contributed by atoms with Crippen molar-refractivity contribution < 1.29 is 42.9 Å². The molecule has 0 aliphatic heterocycles. The molecule has 0 fully saturated rings. The summed E-state index contributed by atoms with van der Waals surface area (Å²) in [6, 6.07) is -2.07. The maximum absolute atomic E-state index is 14.0. The second-order valence-electron chi connectivity index (χ2n) is 15.5. The lowest BCUT2D eigenvalue weighted by atomic mass is 9.92. The van der Waals surface area contributed by atoms with Crippen LogP contribution in [0.3, 0.4) is 0 Å². The van der Waals surface area contributed by atoms with Crippen molar-refractivity contribution in [2.24, 2.45) is 17.8 Å². The highest BCUT2D eigenvalue weighted by molar-refractivity contribution is 7.09. The summed E-state index contributed by atoms with van der Waals surface area (Å²) in [6.07, 6.45) is 0.136. The normalized spacial score (nSPS) is 15.4. The number of likely N-dealkylation sites (N-methyl/N-ethyl adjacent to an activating group) is 1. The number of carbonyl (C=O) groups is 5. The quantitative estimate of drug-likeness (QED) is 0.119. The highest BCUT2D eigenvalue weighted by Crippen LogP contribution is 2.24. The van der Waals surface area contributed by atoms with Gasteiger partial charge in [-0.1, -0.05) is 54.4 Å². The lowest BCUT2D eigenvalue weighted by Crippen LogP contribution is -2.54. The molecule has 292 valence electrons. The van der Waals surface area contributed by atoms with Gasteiger partial charge in [-0.2, -0.15) is 0 Å². The number of hydrogen-bond acceptors (Lipinski definition) is 11. The van der Waals surface area contributed by atoms with Gasteiger partial charge in [-0.05, 0) is 79.1 Å². The van der Waals surface area contributed by atoms with Gasteiger partial charge in [0.1, 0.15) is 29.4 Å². The number of amides is 3. The summed E-state index contributed by atoms with van der Waals surface area (Å²) in [7, 11) is 1.72. The van der Waals surface area contributed by atoms with Crippen LogP contribution in [0.4, 0.5) is 9.59 Å². The fraction of sp³-hybridized carbons (Fsp3) is 0.784. The average Bonchev–Trinajstić information content (AvgIpc) is 3.48. The first-order chi connectivity index (χ1) is 23.5. The summed E-state index contributed by atoms with van der Waals surface area (Å²) in [4.78, 5) is 71.6. The molecule has 1 aromatic heterocycles. The zero-order valence-corrected chi connectivity index (χ0v) is 34.2. The lowest BCUT2D eigenvalue weighted by Gasteiger charge is -2.36. The first kappa shape index (κ1) is 45.6. The van der Waals surface area contributed by atoms with Crippen molar-refractivity contribution in [2.45, 2.75) is 158 Å². The predicted molar refractivity (Wildman–Crippen MR) is 198 cm³/mol. The van der Waals surface area contributed by atoms with Crippen LogP contribution in [-0.2, 0) is 35.0 Å². The van der Waals surface area contributed by atoms with Gasteiger partial charge in [0.2, 0.25) is 5.91 Å². The third-order valence-electron chi connectivity index (χ3n) is 8.41. The van der Waals surface area contributed by atoms with Gasteiger partial charge in [-0.25, -0.2) is 24.2 Å². The second-order valence-corrected chi connectivity index (χ2v) is 16.4. The van der Waals surface area contributed by atoms with Crippen LogP contribution in [0.5, 0.6) is 0 Å². The van der Waals surface area contributed by atoms with E-state index < -0.39 is 53.5 Å². The van der Waals surface area contributed by atoms with Gasteiger partial charge in [0, 0.05) is 24.9 Å². The van der Waals surface area contributed by atoms with Gasteiger partial charge in [-0.3, -0.25) is 4.79 Å². The van der Waals surface area contributed by atoms with Crippen LogP contribution in [0.25, 0.3) is 0 Å². The Kier molecular flexibility index (Phi) is 18.4. The number of carbonyl (C=O) groups excluding carboxylic acids is 5. The molecule has 14 heteroatoms. The molecule has 51 heavy (non-hydrogen) atoms. The van der Waals surface area contributed by atoms with Gasteiger partial charge < -0.3 is 34.5 Å². The lowest BCUT2D eigenvalue weighted by molar-refractivity contribution is -0.154. The first-order valence-electron chi connectivity index (χ1n) is 18.1. The van der Waals surface area contributed by atoms with E-state index >= 15 is 0 Å². The zero-order chi connectivity index (χ0) is 39.3. The van der Waals surface area contributed by atoms with E-state index in [0.29, 0.717) is 30.7 Å². The molecule has 0 spiro atoms. The van der Waals surface area contributed by atoms with Crippen LogP contribution in [0, 0.1) is 17.8 Å². The third-order valence-corrected chi connectivity index (χ3v) is 9.28. The molecule has 0 saturated carbocycles. The molecule has 0 radical (unpaired) electrons. The molecule has 6 atom stereocenters. The van der Waals surface area contributed by atoms with Crippen molar-refractivity contribution in [3.8, 4) is 0 Å². The van der Waals surface area contributed by atoms with Crippen molar-refractivity contribution in [3.63, 3.8) is 0 Å². The summed E-state index contributed by atoms with van der Waals surface area (Å²) >= 11 is 1.26. The number of nitrogens with one attached hydrogen (secondary N) is 2. The number of ether oxygens (including phenoxy) is 4. The molecule has 3 amide bonds. The van der Waals surface area contributed by atoms with E-state index in [9.17, 15) is 24.0 Å². The molecule has 13 nitrogen and oxygen atoms in total. The van der Waals surface area contributed by atoms with Crippen LogP contribution in [-0.4, -0.2) is 89.0 Å². The topological polar surface area (TPSA) is 162 Å². The Bertz CT molecular complexity index is 1290. The molecular formula is C37H64N4O9S. The monoisotopic (exact) mass is 740 g/mol. The smallest absolute Gasteiger partial charge is 0.408 e. The van der Waals surface area contributed by atoms with Gasteiger partial charge in [0.25, 0.3) is 0 Å². The van der Waals surface area contributed by atoms with E-state index in [1.165, 1.54) is 11.3 Å². The maximum atomic E-state index is 14.0. The Morgan fingerprint density at radius 1 is 0.824 bits per heavy atom. The predicted octanol–water partition coefficient (Wildman–Crippen LogP) is 6.92. The van der Waals surface area contributed by atoms with E-state index in [1.807, 2.05) is 41.5 Å². The Morgan fingerprint density at radius 2 is 1.33 bits per heavy atom. The summed E-state index contributed by atoms with van der Waals surface area (Å²) in [5.41, 5.74) is -1.31. The summed E-state index contributed by atoms with van der Waals surface area (Å²) in [6.45, 7) is 24.1. The van der Waals surface area contributed by atoms with Crippen molar-refractivity contribution in [3.05, 3.63) is 16.1 Å². The third kappa shape index (κ3) is 16.2. The highest BCUT2D eigenvalue weighted by atomic mass is 32.1. The zero-order valence-electron chi connectivity index (χ0n) is 33.3. The molecule has 1 rings (SSSR count). The first-order valence-corrected chi connectivity index (χ1v) is 19.0. The molecule has 1 aromatic rings.